The Balaban J connectivity index is 1.88. The minimum Gasteiger partial charge on any atom is -0.447 e. The lowest BCUT2D eigenvalue weighted by atomic mass is 10.4. The van der Waals surface area contributed by atoms with Crippen LogP contribution in [0.5, 0.6) is 0 Å². The molecule has 3 aromatic heterocycles. The molecule has 0 aliphatic rings. The molecule has 0 radical (unpaired) electrons. The summed E-state index contributed by atoms with van der Waals surface area (Å²) in [4.78, 5) is 44.0. The van der Waals surface area contributed by atoms with Gasteiger partial charge in [0.1, 0.15) is 12.8 Å². The quantitative estimate of drug-likeness (QED) is 0.641. The molecule has 23 heavy (non-hydrogen) atoms. The van der Waals surface area contributed by atoms with Crippen molar-refractivity contribution >= 4 is 17.1 Å². The van der Waals surface area contributed by atoms with Crippen molar-refractivity contribution in [1.82, 2.24) is 29.0 Å². The average molecular weight is 318 g/mol. The number of aryl methyl sites for hydroxylation is 1. The second-order valence-corrected chi connectivity index (χ2v) is 4.95. The zero-order valence-corrected chi connectivity index (χ0v) is 12.5. The molecule has 0 unspecified atom stereocenters. The number of aromatic nitrogens is 5. The van der Waals surface area contributed by atoms with E-state index in [0.717, 1.165) is 4.57 Å². The number of nitrogens with zero attached hydrogens (tertiary/aromatic N) is 5. The Morgan fingerprint density at radius 3 is 2.74 bits per heavy atom. The van der Waals surface area contributed by atoms with Crippen molar-refractivity contribution in [3.63, 3.8) is 0 Å². The monoisotopic (exact) mass is 318 g/mol. The predicted octanol–water partition coefficient (Wildman–Crippen LogP) is -1.26. The molecular formula is C13H14N6O4. The van der Waals surface area contributed by atoms with Crippen molar-refractivity contribution in [3.8, 4) is 0 Å². The van der Waals surface area contributed by atoms with Gasteiger partial charge in [-0.15, -0.1) is 0 Å². The lowest BCUT2D eigenvalue weighted by Gasteiger charge is -2.07. The molecule has 3 aromatic rings. The van der Waals surface area contributed by atoms with Crippen LogP contribution < -0.4 is 16.6 Å². The molecule has 1 N–H and O–H groups in total. The summed E-state index contributed by atoms with van der Waals surface area (Å²) >= 11 is 0. The SMILES string of the molecule is Cn1c(=O)c2c(ncn2CC(=O)NCc2ncco2)n(C)c1=O. The van der Waals surface area contributed by atoms with Crippen LogP contribution in [0.3, 0.4) is 0 Å². The molecule has 10 heteroatoms. The lowest BCUT2D eigenvalue weighted by Crippen LogP contribution is -2.38. The van der Waals surface area contributed by atoms with Crippen molar-refractivity contribution < 1.29 is 9.21 Å². The molecule has 0 bridgehead atoms. The predicted molar refractivity (Wildman–Crippen MR) is 78.6 cm³/mol. The number of imidazole rings is 1. The van der Waals surface area contributed by atoms with E-state index in [1.807, 2.05) is 0 Å². The van der Waals surface area contributed by atoms with Gasteiger partial charge < -0.3 is 14.3 Å². The van der Waals surface area contributed by atoms with Crippen LogP contribution in [0.15, 0.2) is 32.8 Å². The van der Waals surface area contributed by atoms with Crippen LogP contribution in [-0.4, -0.2) is 29.6 Å². The fraction of sp³-hybridized carbons (Fsp3) is 0.308. The van der Waals surface area contributed by atoms with Gasteiger partial charge in [0.2, 0.25) is 11.8 Å². The van der Waals surface area contributed by atoms with E-state index in [1.165, 1.54) is 42.0 Å². The van der Waals surface area contributed by atoms with E-state index in [9.17, 15) is 14.4 Å². The first kappa shape index (κ1) is 14.8. The Bertz CT molecular complexity index is 978. The van der Waals surface area contributed by atoms with Gasteiger partial charge in [-0.25, -0.2) is 14.8 Å². The summed E-state index contributed by atoms with van der Waals surface area (Å²) in [5.74, 6) is 0.0468. The molecule has 1 amide bonds. The van der Waals surface area contributed by atoms with Crippen LogP contribution in [0, 0.1) is 0 Å². The van der Waals surface area contributed by atoms with Crippen molar-refractivity contribution in [3.05, 3.63) is 45.5 Å². The minimum atomic E-state index is -0.499. The molecule has 10 nitrogen and oxygen atoms in total. The van der Waals surface area contributed by atoms with Gasteiger partial charge in [0.15, 0.2) is 11.2 Å². The first-order chi connectivity index (χ1) is 11.0. The third kappa shape index (κ3) is 2.54. The van der Waals surface area contributed by atoms with E-state index in [2.05, 4.69) is 15.3 Å². The fourth-order valence-electron chi connectivity index (χ4n) is 2.24. The number of carbonyl (C=O) groups is 1. The maximum atomic E-state index is 12.2. The normalized spacial score (nSPS) is 11.0. The summed E-state index contributed by atoms with van der Waals surface area (Å²) in [6.07, 6.45) is 4.25. The number of carbonyl (C=O) groups excluding carboxylic acids is 1. The largest absolute Gasteiger partial charge is 0.447 e. The highest BCUT2D eigenvalue weighted by atomic mass is 16.3. The second-order valence-electron chi connectivity index (χ2n) is 4.95. The standard InChI is InChI=1S/C13H14N6O4/c1-17-11-10(12(21)18(2)13(17)22)19(7-16-11)6-8(20)15-5-9-14-3-4-23-9/h3-4,7H,5-6H2,1-2H3,(H,15,20). The van der Waals surface area contributed by atoms with Crippen molar-refractivity contribution in [2.75, 3.05) is 0 Å². The van der Waals surface area contributed by atoms with Crippen LogP contribution in [-0.2, 0) is 32.0 Å². The molecule has 3 heterocycles. The Hall–Kier alpha value is -3.17. The summed E-state index contributed by atoms with van der Waals surface area (Å²) in [6, 6.07) is 0. The fourth-order valence-corrected chi connectivity index (χ4v) is 2.24. The van der Waals surface area contributed by atoms with Crippen LogP contribution in [0.1, 0.15) is 5.89 Å². The maximum absolute atomic E-state index is 12.2. The first-order valence-electron chi connectivity index (χ1n) is 6.75. The Labute approximate surface area is 129 Å². The van der Waals surface area contributed by atoms with E-state index in [0.29, 0.717) is 5.89 Å². The third-order valence-corrected chi connectivity index (χ3v) is 3.45. The molecule has 0 aromatic carbocycles. The number of amides is 1. The summed E-state index contributed by atoms with van der Waals surface area (Å²) in [6.45, 7) is 0.0413. The minimum absolute atomic E-state index is 0.106. The second kappa shape index (κ2) is 5.55. The summed E-state index contributed by atoms with van der Waals surface area (Å²) < 4.78 is 8.66. The third-order valence-electron chi connectivity index (χ3n) is 3.45. The summed E-state index contributed by atoms with van der Waals surface area (Å²) in [7, 11) is 2.90. The average Bonchev–Trinajstić information content (AvgIpc) is 3.18. The van der Waals surface area contributed by atoms with Crippen LogP contribution in [0.4, 0.5) is 0 Å². The van der Waals surface area contributed by atoms with Crippen LogP contribution >= 0.6 is 0 Å². The van der Waals surface area contributed by atoms with E-state index in [1.54, 1.807) is 0 Å². The number of nitrogens with one attached hydrogen (secondary N) is 1. The van der Waals surface area contributed by atoms with Gasteiger partial charge in [-0.2, -0.15) is 0 Å². The van der Waals surface area contributed by atoms with Gasteiger partial charge in [0.25, 0.3) is 5.56 Å². The molecule has 0 saturated carbocycles. The number of oxazole rings is 1. The smallest absolute Gasteiger partial charge is 0.332 e. The van der Waals surface area contributed by atoms with Gasteiger partial charge in [-0.05, 0) is 0 Å². The first-order valence-corrected chi connectivity index (χ1v) is 6.75. The highest BCUT2D eigenvalue weighted by Gasteiger charge is 2.15. The van der Waals surface area contributed by atoms with E-state index >= 15 is 0 Å². The number of rotatable bonds is 4. The van der Waals surface area contributed by atoms with E-state index < -0.39 is 11.2 Å². The lowest BCUT2D eigenvalue weighted by molar-refractivity contribution is -0.121. The number of fused-ring (bicyclic) bond motifs is 1. The molecular weight excluding hydrogens is 304 g/mol. The zero-order chi connectivity index (χ0) is 16.6. The molecule has 0 spiro atoms. The molecule has 0 atom stereocenters. The molecule has 0 aliphatic heterocycles. The molecule has 3 rings (SSSR count). The van der Waals surface area contributed by atoms with Crippen LogP contribution in [0.25, 0.3) is 11.2 Å². The number of hydrogen-bond donors (Lipinski definition) is 1. The molecule has 0 fully saturated rings. The maximum Gasteiger partial charge on any atom is 0.332 e. The van der Waals surface area contributed by atoms with E-state index in [4.69, 9.17) is 4.42 Å². The van der Waals surface area contributed by atoms with E-state index in [-0.39, 0.29) is 30.2 Å². The van der Waals surface area contributed by atoms with Gasteiger partial charge in [-0.3, -0.25) is 18.7 Å². The summed E-state index contributed by atoms with van der Waals surface area (Å²) in [5.41, 5.74) is -0.540. The number of hydrogen-bond acceptors (Lipinski definition) is 6. The highest BCUT2D eigenvalue weighted by Crippen LogP contribution is 2.05. The molecule has 0 aliphatic carbocycles. The molecule has 0 saturated heterocycles. The summed E-state index contributed by atoms with van der Waals surface area (Å²) in [5, 5.41) is 2.63. The van der Waals surface area contributed by atoms with Crippen molar-refractivity contribution in [2.24, 2.45) is 14.1 Å². The van der Waals surface area contributed by atoms with Crippen LogP contribution in [0.2, 0.25) is 0 Å². The Morgan fingerprint density at radius 2 is 2.04 bits per heavy atom. The molecule has 120 valence electrons. The van der Waals surface area contributed by atoms with Crippen molar-refractivity contribution in [1.29, 1.82) is 0 Å². The van der Waals surface area contributed by atoms with Gasteiger partial charge in [0.05, 0.1) is 19.1 Å². The Morgan fingerprint density at radius 1 is 1.26 bits per heavy atom. The van der Waals surface area contributed by atoms with Gasteiger partial charge >= 0.3 is 5.69 Å². The highest BCUT2D eigenvalue weighted by molar-refractivity contribution is 5.78. The van der Waals surface area contributed by atoms with Gasteiger partial charge in [0, 0.05) is 14.1 Å². The Kier molecular flexibility index (Phi) is 3.56. The zero-order valence-electron chi connectivity index (χ0n) is 12.5. The van der Waals surface area contributed by atoms with Crippen molar-refractivity contribution in [2.45, 2.75) is 13.1 Å². The van der Waals surface area contributed by atoms with Gasteiger partial charge in [-0.1, -0.05) is 0 Å². The topological polar surface area (TPSA) is 117 Å².